The Kier molecular flexibility index (Phi) is 3.58. The zero-order valence-corrected chi connectivity index (χ0v) is 11.1. The molecule has 0 saturated heterocycles. The molecule has 0 amide bonds. The first-order valence-corrected chi connectivity index (χ1v) is 6.09. The zero-order valence-electron chi connectivity index (χ0n) is 11.1. The number of benzene rings is 1. The Morgan fingerprint density at radius 2 is 1.94 bits per heavy atom. The maximum atomic E-state index is 5.49. The Balaban J connectivity index is 2.58. The fourth-order valence-corrected chi connectivity index (χ4v) is 2.89. The van der Waals surface area contributed by atoms with Gasteiger partial charge in [0.1, 0.15) is 11.8 Å². The van der Waals surface area contributed by atoms with Gasteiger partial charge in [-0.2, -0.15) is 0 Å². The number of nitrogens with zero attached hydrogens (tertiary/aromatic N) is 1. The van der Waals surface area contributed by atoms with Gasteiger partial charge in [0, 0.05) is 11.3 Å². The first kappa shape index (κ1) is 12.9. The summed E-state index contributed by atoms with van der Waals surface area (Å²) in [7, 11) is 5.86. The van der Waals surface area contributed by atoms with E-state index in [9.17, 15) is 0 Å². The van der Waals surface area contributed by atoms with Crippen molar-refractivity contribution in [3.05, 3.63) is 29.8 Å². The molecule has 0 aromatic heterocycles. The normalized spacial score (nSPS) is 20.6. The van der Waals surface area contributed by atoms with E-state index in [1.165, 1.54) is 11.3 Å². The number of hydrogen-bond donors (Lipinski definition) is 3. The fourth-order valence-electron chi connectivity index (χ4n) is 2.89. The lowest BCUT2D eigenvalue weighted by molar-refractivity contribution is 0.232. The van der Waals surface area contributed by atoms with Crippen molar-refractivity contribution in [1.82, 2.24) is 16.0 Å². The molecule has 2 rings (SSSR count). The molecule has 0 fully saturated rings. The highest BCUT2D eigenvalue weighted by Crippen LogP contribution is 2.40. The van der Waals surface area contributed by atoms with Gasteiger partial charge in [0.2, 0.25) is 0 Å². The highest BCUT2D eigenvalue weighted by Gasteiger charge is 2.48. The van der Waals surface area contributed by atoms with Gasteiger partial charge >= 0.3 is 0 Å². The van der Waals surface area contributed by atoms with Gasteiger partial charge in [-0.05, 0) is 27.2 Å². The minimum atomic E-state index is -0.331. The number of anilines is 1. The maximum absolute atomic E-state index is 5.49. The third-order valence-corrected chi connectivity index (χ3v) is 3.68. The predicted octanol–water partition coefficient (Wildman–Crippen LogP) is 0.277. The number of nitrogens with one attached hydrogen (secondary N) is 3. The molecule has 96 valence electrons. The van der Waals surface area contributed by atoms with Crippen LogP contribution in [-0.2, 0) is 5.66 Å². The number of fused-ring (bicyclic) bond motifs is 1. The quantitative estimate of drug-likeness (QED) is 0.525. The van der Waals surface area contributed by atoms with Crippen molar-refractivity contribution in [2.24, 2.45) is 0 Å². The second-order valence-corrected chi connectivity index (χ2v) is 4.35. The monoisotopic (exact) mass is 244 g/mol. The minimum absolute atomic E-state index is 0.0703. The van der Waals surface area contributed by atoms with Crippen molar-refractivity contribution in [1.29, 1.82) is 0 Å². The van der Waals surface area contributed by atoms with Gasteiger partial charge in [-0.1, -0.05) is 24.1 Å². The van der Waals surface area contributed by atoms with Crippen LogP contribution in [-0.4, -0.2) is 33.9 Å². The molecule has 4 heteroatoms. The average molecular weight is 244 g/mol. The van der Waals surface area contributed by atoms with E-state index in [1.54, 1.807) is 0 Å². The lowest BCUT2D eigenvalue weighted by atomic mass is 9.99. The Labute approximate surface area is 109 Å². The van der Waals surface area contributed by atoms with Gasteiger partial charge in [-0.3, -0.25) is 16.0 Å². The molecule has 0 spiro atoms. The van der Waals surface area contributed by atoms with Crippen molar-refractivity contribution in [3.8, 4) is 12.3 Å². The number of terminal acetylenes is 1. The summed E-state index contributed by atoms with van der Waals surface area (Å²) in [6.07, 6.45) is 5.56. The number of likely N-dealkylation sites (N-methyl/N-ethyl adjacent to an activating group) is 3. The summed E-state index contributed by atoms with van der Waals surface area (Å²) in [4.78, 5) is 2.20. The van der Waals surface area contributed by atoms with E-state index in [2.05, 4.69) is 38.9 Å². The van der Waals surface area contributed by atoms with Gasteiger partial charge in [0.05, 0.1) is 6.54 Å². The first-order valence-electron chi connectivity index (χ1n) is 6.09. The molecule has 0 bridgehead atoms. The van der Waals surface area contributed by atoms with Crippen molar-refractivity contribution in [2.75, 3.05) is 32.6 Å². The molecule has 1 aromatic rings. The van der Waals surface area contributed by atoms with Crippen LogP contribution in [0.15, 0.2) is 24.3 Å². The molecule has 1 heterocycles. The van der Waals surface area contributed by atoms with Crippen LogP contribution in [0.2, 0.25) is 0 Å². The van der Waals surface area contributed by atoms with E-state index in [-0.39, 0.29) is 11.8 Å². The highest BCUT2D eigenvalue weighted by atomic mass is 15.4. The molecule has 18 heavy (non-hydrogen) atoms. The summed E-state index contributed by atoms with van der Waals surface area (Å²) in [5.74, 6) is 2.73. The summed E-state index contributed by atoms with van der Waals surface area (Å²) in [6.45, 7) is 0.577. The Hall–Kier alpha value is -1.54. The molecule has 1 atom stereocenters. The molecule has 1 aliphatic rings. The van der Waals surface area contributed by atoms with Crippen LogP contribution in [0.3, 0.4) is 0 Å². The van der Waals surface area contributed by atoms with Gasteiger partial charge in [0.25, 0.3) is 0 Å². The summed E-state index contributed by atoms with van der Waals surface area (Å²) in [5, 5.41) is 10.1. The summed E-state index contributed by atoms with van der Waals surface area (Å²) >= 11 is 0. The smallest absolute Gasteiger partial charge is 0.131 e. The van der Waals surface area contributed by atoms with Crippen molar-refractivity contribution in [3.63, 3.8) is 0 Å². The Morgan fingerprint density at radius 1 is 1.28 bits per heavy atom. The zero-order chi connectivity index (χ0) is 13.2. The van der Waals surface area contributed by atoms with Gasteiger partial charge in [0.15, 0.2) is 0 Å². The lowest BCUT2D eigenvalue weighted by Crippen LogP contribution is -2.65. The van der Waals surface area contributed by atoms with Gasteiger partial charge in [-0.25, -0.2) is 0 Å². The Bertz CT molecular complexity index is 459. The van der Waals surface area contributed by atoms with E-state index in [0.717, 1.165) is 0 Å². The van der Waals surface area contributed by atoms with Crippen LogP contribution in [0, 0.1) is 12.3 Å². The molecule has 3 N–H and O–H groups in total. The summed E-state index contributed by atoms with van der Waals surface area (Å²) < 4.78 is 0. The van der Waals surface area contributed by atoms with Crippen LogP contribution >= 0.6 is 0 Å². The SMILES string of the molecule is C#CCN1c2ccccc2C(NC)(NC)C1NC. The van der Waals surface area contributed by atoms with Crippen LogP contribution < -0.4 is 20.9 Å². The molecule has 0 aliphatic carbocycles. The van der Waals surface area contributed by atoms with Gasteiger partial charge in [-0.15, -0.1) is 6.42 Å². The molecular weight excluding hydrogens is 224 g/mol. The highest BCUT2D eigenvalue weighted by molar-refractivity contribution is 5.64. The summed E-state index contributed by atoms with van der Waals surface area (Å²) in [6, 6.07) is 8.32. The van der Waals surface area contributed by atoms with Gasteiger partial charge < -0.3 is 4.90 Å². The molecule has 0 radical (unpaired) electrons. The van der Waals surface area contributed by atoms with Crippen LogP contribution in [0.4, 0.5) is 5.69 Å². The third kappa shape index (κ3) is 1.60. The van der Waals surface area contributed by atoms with E-state index < -0.39 is 0 Å². The summed E-state index contributed by atoms with van der Waals surface area (Å²) in [5.41, 5.74) is 2.05. The van der Waals surface area contributed by atoms with Crippen LogP contribution in [0.5, 0.6) is 0 Å². The number of hydrogen-bond acceptors (Lipinski definition) is 4. The first-order chi connectivity index (χ1) is 8.75. The van der Waals surface area contributed by atoms with Crippen LogP contribution in [0.1, 0.15) is 5.56 Å². The molecule has 1 unspecified atom stereocenters. The van der Waals surface area contributed by atoms with E-state index in [1.807, 2.05) is 33.3 Å². The number of rotatable bonds is 4. The second-order valence-electron chi connectivity index (χ2n) is 4.35. The Morgan fingerprint density at radius 3 is 2.50 bits per heavy atom. The van der Waals surface area contributed by atoms with Crippen molar-refractivity contribution >= 4 is 5.69 Å². The minimum Gasteiger partial charge on any atom is -0.341 e. The predicted molar refractivity (Wildman–Crippen MR) is 75.3 cm³/mol. The topological polar surface area (TPSA) is 39.3 Å². The van der Waals surface area contributed by atoms with Crippen molar-refractivity contribution < 1.29 is 0 Å². The van der Waals surface area contributed by atoms with E-state index >= 15 is 0 Å². The van der Waals surface area contributed by atoms with E-state index in [4.69, 9.17) is 6.42 Å². The average Bonchev–Trinajstić information content (AvgIpc) is 2.69. The third-order valence-electron chi connectivity index (χ3n) is 3.68. The largest absolute Gasteiger partial charge is 0.341 e. The molecule has 1 aliphatic heterocycles. The standard InChI is InChI=1S/C14H20N4/c1-5-10-18-12-9-7-6-8-11(12)14(16-3,17-4)13(18)15-2/h1,6-9,13,15-17H,10H2,2-4H3. The molecule has 4 nitrogen and oxygen atoms in total. The molecular formula is C14H20N4. The lowest BCUT2D eigenvalue weighted by Gasteiger charge is -2.38. The fraction of sp³-hybridized carbons (Fsp3) is 0.429. The van der Waals surface area contributed by atoms with Crippen molar-refractivity contribution in [2.45, 2.75) is 11.8 Å². The van der Waals surface area contributed by atoms with Crippen LogP contribution in [0.25, 0.3) is 0 Å². The van der Waals surface area contributed by atoms with E-state index in [0.29, 0.717) is 6.54 Å². The maximum Gasteiger partial charge on any atom is 0.131 e. The number of para-hydroxylation sites is 1. The molecule has 0 saturated carbocycles. The molecule has 1 aromatic carbocycles. The second kappa shape index (κ2) is 4.99.